The minimum atomic E-state index is -2.56. The lowest BCUT2D eigenvalue weighted by atomic mass is 10.0. The number of fused-ring (bicyclic) bond motifs is 1. The number of amides is 1. The molecule has 5 nitrogen and oxygen atoms in total. The summed E-state index contributed by atoms with van der Waals surface area (Å²) < 4.78 is 27.3. The molecular formula is C21H18ClF2N3O2. The van der Waals surface area contributed by atoms with Gasteiger partial charge in [0.1, 0.15) is 18.0 Å². The molecule has 1 aliphatic heterocycles. The van der Waals surface area contributed by atoms with Gasteiger partial charge >= 0.3 is 0 Å². The second kappa shape index (κ2) is 7.91. The summed E-state index contributed by atoms with van der Waals surface area (Å²) in [6.07, 6.45) is -1.85. The Bertz CT molecular complexity index is 1090. The Morgan fingerprint density at radius 3 is 2.59 bits per heavy atom. The molecule has 1 amide bonds. The predicted octanol–water partition coefficient (Wildman–Crippen LogP) is 4.43. The van der Waals surface area contributed by atoms with Crippen LogP contribution in [0.4, 0.5) is 8.78 Å². The highest BCUT2D eigenvalue weighted by Gasteiger charge is 2.23. The largest absolute Gasteiger partial charge is 0.338 e. The van der Waals surface area contributed by atoms with E-state index in [1.54, 1.807) is 47.4 Å². The molecule has 0 aliphatic carbocycles. The number of hydrogen-bond acceptors (Lipinski definition) is 3. The van der Waals surface area contributed by atoms with Crippen LogP contribution in [0.2, 0.25) is 5.02 Å². The Hall–Kier alpha value is -2.80. The highest BCUT2D eigenvalue weighted by molar-refractivity contribution is 6.30. The van der Waals surface area contributed by atoms with E-state index in [4.69, 9.17) is 11.6 Å². The van der Waals surface area contributed by atoms with Crippen LogP contribution in [0.3, 0.4) is 0 Å². The average Bonchev–Trinajstić information content (AvgIpc) is 3.05. The number of carbonyl (C=O) groups excluding carboxylic acids is 2. The molecule has 3 aromatic rings. The van der Waals surface area contributed by atoms with Crippen LogP contribution >= 0.6 is 11.6 Å². The molecule has 2 heterocycles. The molecule has 8 heteroatoms. The van der Waals surface area contributed by atoms with E-state index in [9.17, 15) is 18.4 Å². The van der Waals surface area contributed by atoms with E-state index in [1.165, 1.54) is 4.68 Å². The Labute approximate surface area is 170 Å². The third-order valence-corrected chi connectivity index (χ3v) is 5.25. The van der Waals surface area contributed by atoms with Crippen LogP contribution < -0.4 is 0 Å². The fraction of sp³-hybridized carbons (Fsp3) is 0.286. The van der Waals surface area contributed by atoms with Gasteiger partial charge in [-0.15, -0.1) is 0 Å². The van der Waals surface area contributed by atoms with E-state index in [-0.39, 0.29) is 11.7 Å². The van der Waals surface area contributed by atoms with Crippen molar-refractivity contribution in [3.8, 4) is 11.3 Å². The smallest absolute Gasteiger partial charge is 0.257 e. The highest BCUT2D eigenvalue weighted by atomic mass is 35.5. The van der Waals surface area contributed by atoms with Crippen LogP contribution in [0.25, 0.3) is 22.2 Å². The SMILES string of the molecule is O=C1CCN(C(=O)c2ccc3c(c2)c(-c2cccc(Cl)c2)nn3CC(F)F)CC1. The van der Waals surface area contributed by atoms with Crippen molar-refractivity contribution < 1.29 is 18.4 Å². The maximum absolute atomic E-state index is 13.0. The van der Waals surface area contributed by atoms with Crippen molar-refractivity contribution in [2.45, 2.75) is 25.8 Å². The van der Waals surface area contributed by atoms with Crippen molar-refractivity contribution in [2.24, 2.45) is 0 Å². The molecule has 0 unspecified atom stereocenters. The van der Waals surface area contributed by atoms with Crippen molar-refractivity contribution in [1.29, 1.82) is 0 Å². The lowest BCUT2D eigenvalue weighted by Gasteiger charge is -2.26. The van der Waals surface area contributed by atoms with Crippen LogP contribution in [-0.4, -0.2) is 45.9 Å². The lowest BCUT2D eigenvalue weighted by molar-refractivity contribution is -0.120. The van der Waals surface area contributed by atoms with Crippen LogP contribution in [-0.2, 0) is 11.3 Å². The number of rotatable bonds is 4. The maximum atomic E-state index is 13.0. The van der Waals surface area contributed by atoms with Crippen LogP contribution in [0, 0.1) is 0 Å². The average molecular weight is 418 g/mol. The number of likely N-dealkylation sites (tertiary alicyclic amines) is 1. The van der Waals surface area contributed by atoms with Gasteiger partial charge in [0.2, 0.25) is 0 Å². The number of ketones is 1. The summed E-state index contributed by atoms with van der Waals surface area (Å²) in [4.78, 5) is 26.0. The Kier molecular flexibility index (Phi) is 5.32. The molecule has 0 spiro atoms. The van der Waals surface area contributed by atoms with Gasteiger partial charge in [0, 0.05) is 47.5 Å². The fourth-order valence-electron chi connectivity index (χ4n) is 3.57. The van der Waals surface area contributed by atoms with E-state index in [2.05, 4.69) is 5.10 Å². The number of nitrogens with zero attached hydrogens (tertiary/aromatic N) is 3. The molecule has 1 aliphatic rings. The number of halogens is 3. The second-order valence-corrected chi connectivity index (χ2v) is 7.43. The topological polar surface area (TPSA) is 55.2 Å². The van der Waals surface area contributed by atoms with Crippen molar-refractivity contribution in [3.05, 3.63) is 53.1 Å². The van der Waals surface area contributed by atoms with Gasteiger partial charge in [-0.2, -0.15) is 5.10 Å². The normalized spacial score (nSPS) is 14.8. The highest BCUT2D eigenvalue weighted by Crippen LogP contribution is 2.31. The molecule has 29 heavy (non-hydrogen) atoms. The number of piperidine rings is 1. The number of aromatic nitrogens is 2. The first kappa shape index (κ1) is 19.5. The van der Waals surface area contributed by atoms with Crippen molar-refractivity contribution >= 4 is 34.2 Å². The summed E-state index contributed by atoms with van der Waals surface area (Å²) in [6.45, 7) is 0.238. The van der Waals surface area contributed by atoms with Gasteiger partial charge < -0.3 is 4.90 Å². The van der Waals surface area contributed by atoms with Gasteiger partial charge in [-0.05, 0) is 30.3 Å². The van der Waals surface area contributed by atoms with Gasteiger partial charge in [0.05, 0.1) is 5.52 Å². The van der Waals surface area contributed by atoms with Crippen LogP contribution in [0.1, 0.15) is 23.2 Å². The summed E-state index contributed by atoms with van der Waals surface area (Å²) in [5.41, 5.74) is 2.13. The maximum Gasteiger partial charge on any atom is 0.257 e. The number of benzene rings is 2. The van der Waals surface area contributed by atoms with E-state index in [0.717, 1.165) is 0 Å². The fourth-order valence-corrected chi connectivity index (χ4v) is 3.76. The summed E-state index contributed by atoms with van der Waals surface area (Å²) >= 11 is 6.09. The summed E-state index contributed by atoms with van der Waals surface area (Å²) in [6, 6.07) is 11.9. The minimum absolute atomic E-state index is 0.154. The quantitative estimate of drug-likeness (QED) is 0.631. The molecule has 0 radical (unpaired) electrons. The van der Waals surface area contributed by atoms with Crippen LogP contribution in [0.15, 0.2) is 42.5 Å². The lowest BCUT2D eigenvalue weighted by Crippen LogP contribution is -2.38. The molecule has 0 bridgehead atoms. The first-order valence-corrected chi connectivity index (χ1v) is 9.66. The first-order chi connectivity index (χ1) is 13.9. The molecule has 0 N–H and O–H groups in total. The van der Waals surface area contributed by atoms with E-state index >= 15 is 0 Å². The van der Waals surface area contributed by atoms with Crippen LogP contribution in [0.5, 0.6) is 0 Å². The first-order valence-electron chi connectivity index (χ1n) is 9.28. The molecule has 1 fully saturated rings. The molecular weight excluding hydrogens is 400 g/mol. The number of hydrogen-bond donors (Lipinski definition) is 0. The third-order valence-electron chi connectivity index (χ3n) is 5.01. The minimum Gasteiger partial charge on any atom is -0.338 e. The molecule has 1 aromatic heterocycles. The Morgan fingerprint density at radius 2 is 1.90 bits per heavy atom. The van der Waals surface area contributed by atoms with Gasteiger partial charge in [-0.1, -0.05) is 23.7 Å². The van der Waals surface area contributed by atoms with Crippen molar-refractivity contribution in [2.75, 3.05) is 13.1 Å². The van der Waals surface area contributed by atoms with Gasteiger partial charge in [0.25, 0.3) is 12.3 Å². The van der Waals surface area contributed by atoms with Gasteiger partial charge in [0.15, 0.2) is 0 Å². The molecule has 0 atom stereocenters. The monoisotopic (exact) mass is 417 g/mol. The standard InChI is InChI=1S/C21H18ClF2N3O2/c22-15-3-1-2-13(10-15)20-17-11-14(21(29)26-8-6-16(28)7-9-26)4-5-18(17)27(25-20)12-19(23)24/h1-5,10-11,19H,6-9,12H2. The van der Waals surface area contributed by atoms with E-state index < -0.39 is 13.0 Å². The van der Waals surface area contributed by atoms with Gasteiger partial charge in [-0.3, -0.25) is 14.3 Å². The third kappa shape index (κ3) is 4.00. The summed E-state index contributed by atoms with van der Waals surface area (Å²) in [7, 11) is 0. The summed E-state index contributed by atoms with van der Waals surface area (Å²) in [5, 5.41) is 5.48. The molecule has 150 valence electrons. The second-order valence-electron chi connectivity index (χ2n) is 6.99. The van der Waals surface area contributed by atoms with Gasteiger partial charge in [-0.25, -0.2) is 8.78 Å². The number of Topliss-reactive ketones (excluding diaryl/α,β-unsaturated/α-hetero) is 1. The van der Waals surface area contributed by atoms with E-state index in [0.29, 0.717) is 58.7 Å². The number of alkyl halides is 2. The van der Waals surface area contributed by atoms with Crippen molar-refractivity contribution in [3.63, 3.8) is 0 Å². The van der Waals surface area contributed by atoms with E-state index in [1.807, 2.05) is 0 Å². The molecule has 2 aromatic carbocycles. The Morgan fingerprint density at radius 1 is 1.14 bits per heavy atom. The predicted molar refractivity (Wildman–Crippen MR) is 106 cm³/mol. The zero-order chi connectivity index (χ0) is 20.5. The zero-order valence-corrected chi connectivity index (χ0v) is 16.2. The molecule has 1 saturated heterocycles. The molecule has 0 saturated carbocycles. The summed E-state index contributed by atoms with van der Waals surface area (Å²) in [5.74, 6) is -0.0286. The molecule has 4 rings (SSSR count). The zero-order valence-electron chi connectivity index (χ0n) is 15.4. The number of carbonyl (C=O) groups is 2. The Balaban J connectivity index is 1.78. The van der Waals surface area contributed by atoms with Crippen molar-refractivity contribution in [1.82, 2.24) is 14.7 Å².